The fourth-order valence-electron chi connectivity index (χ4n) is 2.97. The molecule has 0 saturated carbocycles. The predicted molar refractivity (Wildman–Crippen MR) is 130 cm³/mol. The minimum absolute atomic E-state index is 0. The Labute approximate surface area is 202 Å². The lowest BCUT2D eigenvalue weighted by molar-refractivity contribution is 0.304. The third kappa shape index (κ3) is 6.46. The second kappa shape index (κ2) is 11.5. The number of nitrogens with one attached hydrogen (secondary N) is 2. The zero-order valence-electron chi connectivity index (χ0n) is 18.9. The van der Waals surface area contributed by atoms with Crippen LogP contribution in [0.5, 0.6) is 17.4 Å². The smallest absolute Gasteiger partial charge is 0.256 e. The van der Waals surface area contributed by atoms with Gasteiger partial charge in [0.2, 0.25) is 0 Å². The molecular formula is C23H25ClFN7O2. The molecule has 0 radical (unpaired) electrons. The molecule has 0 aliphatic carbocycles. The number of nitrogens with zero attached hydrogens (tertiary/aromatic N) is 5. The van der Waals surface area contributed by atoms with Crippen molar-refractivity contribution in [1.29, 1.82) is 0 Å². The maximum atomic E-state index is 14.6. The van der Waals surface area contributed by atoms with E-state index in [-0.39, 0.29) is 18.3 Å². The number of halogens is 2. The minimum atomic E-state index is -0.623. The molecule has 178 valence electrons. The number of hydrogen-bond donors (Lipinski definition) is 2. The second-order valence-corrected chi connectivity index (χ2v) is 7.59. The van der Waals surface area contributed by atoms with Crippen molar-refractivity contribution in [3.63, 3.8) is 0 Å². The van der Waals surface area contributed by atoms with E-state index in [9.17, 15) is 4.39 Å². The molecule has 0 aliphatic rings. The molecule has 0 amide bonds. The summed E-state index contributed by atoms with van der Waals surface area (Å²) >= 11 is 0. The van der Waals surface area contributed by atoms with Crippen molar-refractivity contribution in [3.8, 4) is 17.4 Å². The summed E-state index contributed by atoms with van der Waals surface area (Å²) in [7, 11) is 0. The summed E-state index contributed by atoms with van der Waals surface area (Å²) in [6.07, 6.45) is 6.15. The van der Waals surface area contributed by atoms with Crippen LogP contribution in [0.25, 0.3) is 10.9 Å². The van der Waals surface area contributed by atoms with Crippen LogP contribution >= 0.6 is 12.4 Å². The first-order valence-electron chi connectivity index (χ1n) is 10.5. The number of aromatic nitrogens is 5. The first-order valence-corrected chi connectivity index (χ1v) is 10.5. The van der Waals surface area contributed by atoms with Gasteiger partial charge in [-0.25, -0.2) is 24.3 Å². The number of hydrogen-bond acceptors (Lipinski definition) is 9. The highest BCUT2D eigenvalue weighted by Gasteiger charge is 2.12. The average molecular weight is 486 g/mol. The summed E-state index contributed by atoms with van der Waals surface area (Å²) in [6, 6.07) is 6.77. The Hall–Kier alpha value is -3.63. The largest absolute Gasteiger partial charge is 0.491 e. The first-order chi connectivity index (χ1) is 16.0. The van der Waals surface area contributed by atoms with Crippen LogP contribution in [0.15, 0.2) is 49.2 Å². The van der Waals surface area contributed by atoms with Gasteiger partial charge in [-0.1, -0.05) is 13.8 Å². The normalized spacial score (nSPS) is 10.7. The Morgan fingerprint density at radius 1 is 0.971 bits per heavy atom. The fourth-order valence-corrected chi connectivity index (χ4v) is 2.97. The molecule has 0 atom stereocenters. The highest BCUT2D eigenvalue weighted by molar-refractivity contribution is 5.91. The van der Waals surface area contributed by atoms with Crippen molar-refractivity contribution in [1.82, 2.24) is 30.2 Å². The van der Waals surface area contributed by atoms with Gasteiger partial charge in [-0.3, -0.25) is 4.98 Å². The van der Waals surface area contributed by atoms with Gasteiger partial charge in [-0.15, -0.1) is 12.4 Å². The maximum absolute atomic E-state index is 14.6. The molecule has 1 aromatic carbocycles. The third-order valence-electron chi connectivity index (χ3n) is 4.55. The molecule has 2 N–H and O–H groups in total. The van der Waals surface area contributed by atoms with Gasteiger partial charge < -0.3 is 20.1 Å². The van der Waals surface area contributed by atoms with Gasteiger partial charge in [-0.05, 0) is 25.1 Å². The summed E-state index contributed by atoms with van der Waals surface area (Å²) in [4.78, 5) is 21.1. The van der Waals surface area contributed by atoms with Crippen LogP contribution in [0.3, 0.4) is 0 Å². The molecule has 4 aromatic rings. The Bertz CT molecular complexity index is 1240. The Morgan fingerprint density at radius 3 is 2.56 bits per heavy atom. The molecule has 0 unspecified atom stereocenters. The van der Waals surface area contributed by atoms with Crippen molar-refractivity contribution in [2.75, 3.05) is 18.5 Å². The van der Waals surface area contributed by atoms with Crippen LogP contribution in [-0.4, -0.2) is 44.1 Å². The van der Waals surface area contributed by atoms with Crippen LogP contribution in [0.2, 0.25) is 0 Å². The second-order valence-electron chi connectivity index (χ2n) is 7.59. The highest BCUT2D eigenvalue weighted by atomic mass is 35.5. The molecule has 34 heavy (non-hydrogen) atoms. The van der Waals surface area contributed by atoms with E-state index >= 15 is 0 Å². The average Bonchev–Trinajstić information content (AvgIpc) is 2.80. The fraction of sp³-hybridized carbons (Fsp3) is 0.261. The third-order valence-corrected chi connectivity index (χ3v) is 4.55. The van der Waals surface area contributed by atoms with Gasteiger partial charge in [0.25, 0.3) is 5.88 Å². The standard InChI is InChI=1S/C23H24FN7O2.ClH/c1-14(2)25-6-7-32-17-9-19(24)23(28-11-17)33-16-4-5-20-18(8-16)22(30-13-29-20)31-21-12-26-15(3)10-27-21;/h4-5,8-14,25H,6-7H2,1-3H3,(H,27,29,30,31);1H. The van der Waals surface area contributed by atoms with E-state index in [1.54, 1.807) is 30.6 Å². The van der Waals surface area contributed by atoms with E-state index in [0.29, 0.717) is 53.2 Å². The zero-order chi connectivity index (χ0) is 23.2. The van der Waals surface area contributed by atoms with Crippen molar-refractivity contribution in [2.24, 2.45) is 0 Å². The number of pyridine rings is 1. The number of aryl methyl sites for hydroxylation is 1. The van der Waals surface area contributed by atoms with Gasteiger partial charge in [0.05, 0.1) is 29.8 Å². The summed E-state index contributed by atoms with van der Waals surface area (Å²) < 4.78 is 25.8. The molecule has 9 nitrogen and oxygen atoms in total. The SMILES string of the molecule is Cc1cnc(Nc2ncnc3ccc(Oc4ncc(OCCNC(C)C)cc4F)cc23)cn1.Cl. The maximum Gasteiger partial charge on any atom is 0.256 e. The number of ether oxygens (including phenoxy) is 2. The van der Waals surface area contributed by atoms with Gasteiger partial charge >= 0.3 is 0 Å². The molecule has 0 spiro atoms. The van der Waals surface area contributed by atoms with E-state index in [1.165, 1.54) is 18.6 Å². The number of anilines is 2. The molecule has 4 rings (SSSR count). The van der Waals surface area contributed by atoms with Crippen molar-refractivity contribution in [3.05, 3.63) is 60.7 Å². The lowest BCUT2D eigenvalue weighted by atomic mass is 10.2. The van der Waals surface area contributed by atoms with Crippen LogP contribution in [0.4, 0.5) is 16.0 Å². The Morgan fingerprint density at radius 2 is 1.82 bits per heavy atom. The summed E-state index contributed by atoms with van der Waals surface area (Å²) in [6.45, 7) is 7.01. The van der Waals surface area contributed by atoms with E-state index in [2.05, 4.69) is 35.6 Å². The number of fused-ring (bicyclic) bond motifs is 1. The first kappa shape index (κ1) is 25.0. The van der Waals surface area contributed by atoms with Gasteiger partial charge in [-0.2, -0.15) is 0 Å². The monoisotopic (exact) mass is 485 g/mol. The number of benzene rings is 1. The highest BCUT2D eigenvalue weighted by Crippen LogP contribution is 2.30. The molecule has 0 bridgehead atoms. The van der Waals surface area contributed by atoms with Crippen molar-refractivity contribution >= 4 is 34.9 Å². The molecule has 0 fully saturated rings. The summed E-state index contributed by atoms with van der Waals surface area (Å²) in [5.74, 6) is 1.01. The molecule has 11 heteroatoms. The molecule has 0 saturated heterocycles. The van der Waals surface area contributed by atoms with Gasteiger partial charge in [0, 0.05) is 24.0 Å². The minimum Gasteiger partial charge on any atom is -0.491 e. The lowest BCUT2D eigenvalue weighted by Gasteiger charge is -2.11. The Kier molecular flexibility index (Phi) is 8.44. The van der Waals surface area contributed by atoms with Crippen molar-refractivity contribution in [2.45, 2.75) is 26.8 Å². The zero-order valence-corrected chi connectivity index (χ0v) is 19.8. The predicted octanol–water partition coefficient (Wildman–Crippen LogP) is 4.60. The number of rotatable bonds is 9. The topological polar surface area (TPSA) is 107 Å². The molecular weight excluding hydrogens is 461 g/mol. The molecule has 3 aromatic heterocycles. The van der Waals surface area contributed by atoms with Gasteiger partial charge in [0.1, 0.15) is 36.1 Å². The summed E-state index contributed by atoms with van der Waals surface area (Å²) in [5.41, 5.74) is 1.49. The van der Waals surface area contributed by atoms with Gasteiger partial charge in [0.15, 0.2) is 5.82 Å². The van der Waals surface area contributed by atoms with E-state index in [0.717, 1.165) is 5.69 Å². The van der Waals surface area contributed by atoms with E-state index in [1.807, 2.05) is 20.8 Å². The Balaban J connectivity index is 0.00000324. The molecule has 3 heterocycles. The summed E-state index contributed by atoms with van der Waals surface area (Å²) in [5, 5.41) is 7.02. The van der Waals surface area contributed by atoms with E-state index < -0.39 is 5.82 Å². The lowest BCUT2D eigenvalue weighted by Crippen LogP contribution is -2.27. The quantitative estimate of drug-likeness (QED) is 0.329. The van der Waals surface area contributed by atoms with Crippen LogP contribution in [0.1, 0.15) is 19.5 Å². The van der Waals surface area contributed by atoms with Crippen LogP contribution in [0, 0.1) is 12.7 Å². The van der Waals surface area contributed by atoms with Crippen LogP contribution in [-0.2, 0) is 0 Å². The van der Waals surface area contributed by atoms with E-state index in [4.69, 9.17) is 9.47 Å². The van der Waals surface area contributed by atoms with Crippen LogP contribution < -0.4 is 20.1 Å². The molecule has 0 aliphatic heterocycles. The van der Waals surface area contributed by atoms with Crippen molar-refractivity contribution < 1.29 is 13.9 Å².